The number of fused-ring (bicyclic) bond motifs is 1. The van der Waals surface area contributed by atoms with E-state index in [4.69, 9.17) is 9.47 Å². The molecule has 1 fully saturated rings. The van der Waals surface area contributed by atoms with Crippen LogP contribution < -0.4 is 4.74 Å². The minimum Gasteiger partial charge on any atom is -0.421 e. The molecule has 0 N–H and O–H groups in total. The van der Waals surface area contributed by atoms with Crippen molar-refractivity contribution < 1.29 is 22.7 Å². The quantitative estimate of drug-likeness (QED) is 0.484. The molecule has 0 aliphatic carbocycles. The number of pyridine rings is 1. The third-order valence-corrected chi connectivity index (χ3v) is 6.73. The SMILES string of the molecule is Cc1ccc(S(=O)(=O)N2CCOCC2)cc1C(=O)Oc1cccc2cccnc12. The Labute approximate surface area is 168 Å². The Morgan fingerprint density at radius 3 is 2.66 bits per heavy atom. The molecule has 2 heterocycles. The third kappa shape index (κ3) is 3.87. The summed E-state index contributed by atoms with van der Waals surface area (Å²) in [6.45, 7) is 3.03. The number of ether oxygens (including phenoxy) is 2. The number of aryl methyl sites for hydroxylation is 1. The van der Waals surface area contributed by atoms with E-state index in [2.05, 4.69) is 4.98 Å². The van der Waals surface area contributed by atoms with Crippen LogP contribution in [0.5, 0.6) is 5.75 Å². The number of sulfonamides is 1. The van der Waals surface area contributed by atoms with Crippen LogP contribution in [0.4, 0.5) is 0 Å². The van der Waals surface area contributed by atoms with Gasteiger partial charge < -0.3 is 9.47 Å². The molecule has 1 saturated heterocycles. The van der Waals surface area contributed by atoms with E-state index in [0.29, 0.717) is 30.0 Å². The normalized spacial score (nSPS) is 15.3. The highest BCUT2D eigenvalue weighted by atomic mass is 32.2. The molecule has 1 aliphatic rings. The Kier molecular flexibility index (Phi) is 5.31. The molecule has 0 bridgehead atoms. The van der Waals surface area contributed by atoms with E-state index in [1.54, 1.807) is 37.4 Å². The molecular formula is C21H20N2O5S. The summed E-state index contributed by atoms with van der Waals surface area (Å²) in [6.07, 6.45) is 1.63. The van der Waals surface area contributed by atoms with Crippen LogP contribution in [-0.4, -0.2) is 50.0 Å². The number of hydrogen-bond donors (Lipinski definition) is 0. The molecule has 3 aromatic rings. The zero-order valence-corrected chi connectivity index (χ0v) is 16.7. The van der Waals surface area contributed by atoms with Crippen molar-refractivity contribution in [2.24, 2.45) is 0 Å². The van der Waals surface area contributed by atoms with Crippen molar-refractivity contribution in [3.05, 3.63) is 65.9 Å². The smallest absolute Gasteiger partial charge is 0.343 e. The first-order valence-corrected chi connectivity index (χ1v) is 10.7. The van der Waals surface area contributed by atoms with E-state index < -0.39 is 16.0 Å². The zero-order chi connectivity index (χ0) is 20.4. The minimum absolute atomic E-state index is 0.0630. The second-order valence-electron chi connectivity index (χ2n) is 6.71. The van der Waals surface area contributed by atoms with Crippen molar-refractivity contribution in [2.75, 3.05) is 26.3 Å². The van der Waals surface area contributed by atoms with Crippen molar-refractivity contribution in [3.63, 3.8) is 0 Å². The van der Waals surface area contributed by atoms with E-state index in [0.717, 1.165) is 5.39 Å². The molecule has 150 valence electrons. The molecule has 0 saturated carbocycles. The fourth-order valence-electron chi connectivity index (χ4n) is 3.23. The standard InChI is InChI=1S/C21H20N2O5S/c1-15-7-8-17(29(25,26)23-10-12-27-13-11-23)14-18(15)21(24)28-19-6-2-4-16-5-3-9-22-20(16)19/h2-9,14H,10-13H2,1H3. The zero-order valence-electron chi connectivity index (χ0n) is 15.9. The molecule has 0 radical (unpaired) electrons. The highest BCUT2D eigenvalue weighted by Gasteiger charge is 2.27. The first-order valence-electron chi connectivity index (χ1n) is 9.21. The largest absolute Gasteiger partial charge is 0.421 e. The van der Waals surface area contributed by atoms with Gasteiger partial charge in [0.25, 0.3) is 0 Å². The van der Waals surface area contributed by atoms with E-state index in [1.807, 2.05) is 12.1 Å². The van der Waals surface area contributed by atoms with Gasteiger partial charge in [-0.2, -0.15) is 4.31 Å². The summed E-state index contributed by atoms with van der Waals surface area (Å²) >= 11 is 0. The maximum Gasteiger partial charge on any atom is 0.343 e. The monoisotopic (exact) mass is 412 g/mol. The van der Waals surface area contributed by atoms with Gasteiger partial charge in [-0.05, 0) is 36.8 Å². The number of esters is 1. The fraction of sp³-hybridized carbons (Fsp3) is 0.238. The first-order chi connectivity index (χ1) is 14.0. The molecule has 2 aromatic carbocycles. The van der Waals surface area contributed by atoms with E-state index in [9.17, 15) is 13.2 Å². The van der Waals surface area contributed by atoms with Gasteiger partial charge in [0.05, 0.1) is 23.7 Å². The molecule has 0 spiro atoms. The summed E-state index contributed by atoms with van der Waals surface area (Å²) in [4.78, 5) is 17.2. The molecule has 7 nitrogen and oxygen atoms in total. The van der Waals surface area contributed by atoms with Gasteiger partial charge in [-0.25, -0.2) is 13.2 Å². The Hall–Kier alpha value is -2.81. The topological polar surface area (TPSA) is 85.8 Å². The van der Waals surface area contributed by atoms with Gasteiger partial charge >= 0.3 is 5.97 Å². The summed E-state index contributed by atoms with van der Waals surface area (Å²) in [5.74, 6) is -0.298. The minimum atomic E-state index is -3.71. The average Bonchev–Trinajstić information content (AvgIpc) is 2.75. The Morgan fingerprint density at radius 2 is 1.86 bits per heavy atom. The van der Waals surface area contributed by atoms with Crippen LogP contribution in [0, 0.1) is 6.92 Å². The van der Waals surface area contributed by atoms with Gasteiger partial charge in [-0.1, -0.05) is 24.3 Å². The summed E-state index contributed by atoms with van der Waals surface area (Å²) in [6, 6.07) is 13.5. The van der Waals surface area contributed by atoms with Crippen molar-refractivity contribution in [3.8, 4) is 5.75 Å². The van der Waals surface area contributed by atoms with Crippen molar-refractivity contribution >= 4 is 26.9 Å². The lowest BCUT2D eigenvalue weighted by atomic mass is 10.1. The first kappa shape index (κ1) is 19.5. The number of morpholine rings is 1. The van der Waals surface area contributed by atoms with Crippen LogP contribution in [0.25, 0.3) is 10.9 Å². The Morgan fingerprint density at radius 1 is 1.10 bits per heavy atom. The molecular weight excluding hydrogens is 392 g/mol. The summed E-state index contributed by atoms with van der Waals surface area (Å²) < 4.78 is 38.0. The van der Waals surface area contributed by atoms with Crippen LogP contribution in [0.15, 0.2) is 59.6 Å². The number of hydrogen-bond acceptors (Lipinski definition) is 6. The van der Waals surface area contributed by atoms with Crippen molar-refractivity contribution in [1.82, 2.24) is 9.29 Å². The number of aromatic nitrogens is 1. The predicted molar refractivity (Wildman–Crippen MR) is 107 cm³/mol. The molecule has 0 unspecified atom stereocenters. The molecule has 0 atom stereocenters. The van der Waals surface area contributed by atoms with Crippen LogP contribution >= 0.6 is 0 Å². The van der Waals surface area contributed by atoms with Gasteiger partial charge in [-0.3, -0.25) is 4.98 Å². The number of benzene rings is 2. The van der Waals surface area contributed by atoms with Gasteiger partial charge in [0.15, 0.2) is 5.75 Å². The van der Waals surface area contributed by atoms with E-state index in [1.165, 1.54) is 16.4 Å². The van der Waals surface area contributed by atoms with Crippen LogP contribution in [0.2, 0.25) is 0 Å². The van der Waals surface area contributed by atoms with Gasteiger partial charge in [0.1, 0.15) is 5.52 Å². The average molecular weight is 412 g/mol. The van der Waals surface area contributed by atoms with Crippen LogP contribution in [0.1, 0.15) is 15.9 Å². The molecule has 0 amide bonds. The molecule has 1 aliphatic heterocycles. The third-order valence-electron chi connectivity index (χ3n) is 4.84. The summed E-state index contributed by atoms with van der Waals surface area (Å²) in [5.41, 5.74) is 1.40. The number of rotatable bonds is 4. The summed E-state index contributed by atoms with van der Waals surface area (Å²) in [5, 5.41) is 0.846. The predicted octanol–water partition coefficient (Wildman–Crippen LogP) is 2.78. The maximum atomic E-state index is 12.9. The van der Waals surface area contributed by atoms with Gasteiger partial charge in [0.2, 0.25) is 10.0 Å². The number of para-hydroxylation sites is 1. The number of nitrogens with zero attached hydrogens (tertiary/aromatic N) is 2. The number of carbonyl (C=O) groups excluding carboxylic acids is 1. The van der Waals surface area contributed by atoms with Crippen LogP contribution in [-0.2, 0) is 14.8 Å². The van der Waals surface area contributed by atoms with Gasteiger partial charge in [0, 0.05) is 24.7 Å². The molecule has 29 heavy (non-hydrogen) atoms. The Bertz CT molecular complexity index is 1170. The Balaban J connectivity index is 1.66. The molecule has 4 rings (SSSR count). The second kappa shape index (κ2) is 7.90. The molecule has 8 heteroatoms. The van der Waals surface area contributed by atoms with Crippen molar-refractivity contribution in [1.29, 1.82) is 0 Å². The number of carbonyl (C=O) groups is 1. The van der Waals surface area contributed by atoms with Gasteiger partial charge in [-0.15, -0.1) is 0 Å². The lowest BCUT2D eigenvalue weighted by molar-refractivity contribution is 0.0727. The second-order valence-corrected chi connectivity index (χ2v) is 8.65. The van der Waals surface area contributed by atoms with E-state index in [-0.39, 0.29) is 23.5 Å². The summed E-state index contributed by atoms with van der Waals surface area (Å²) in [7, 11) is -3.71. The lowest BCUT2D eigenvalue weighted by Gasteiger charge is -2.26. The highest BCUT2D eigenvalue weighted by molar-refractivity contribution is 7.89. The maximum absolute atomic E-state index is 12.9. The van der Waals surface area contributed by atoms with Crippen LogP contribution in [0.3, 0.4) is 0 Å². The highest BCUT2D eigenvalue weighted by Crippen LogP contribution is 2.26. The fourth-order valence-corrected chi connectivity index (χ4v) is 4.67. The molecule has 1 aromatic heterocycles. The van der Waals surface area contributed by atoms with Crippen molar-refractivity contribution in [2.45, 2.75) is 11.8 Å². The lowest BCUT2D eigenvalue weighted by Crippen LogP contribution is -2.40. The van der Waals surface area contributed by atoms with E-state index >= 15 is 0 Å².